The Kier molecular flexibility index (Phi) is 7.88. The third-order valence-electron chi connectivity index (χ3n) is 3.34. The van der Waals surface area contributed by atoms with Crippen LogP contribution in [0, 0.1) is 0 Å². The molecule has 1 fully saturated rings. The minimum atomic E-state index is 0. The molecule has 0 aromatic heterocycles. The molecule has 0 spiro atoms. The largest absolute Gasteiger partial charge is 0.369 e. The van der Waals surface area contributed by atoms with Crippen molar-refractivity contribution < 1.29 is 0 Å². The highest BCUT2D eigenvalue weighted by molar-refractivity contribution is 14.0. The van der Waals surface area contributed by atoms with Crippen LogP contribution in [0.1, 0.15) is 6.42 Å². The summed E-state index contributed by atoms with van der Waals surface area (Å²) < 4.78 is 0. The monoisotopic (exact) mass is 420 g/mol. The average Bonchev–Trinajstić information content (AvgIpc) is 2.92. The molecule has 21 heavy (non-hydrogen) atoms. The van der Waals surface area contributed by atoms with Gasteiger partial charge in [0.2, 0.25) is 0 Å². The van der Waals surface area contributed by atoms with Crippen molar-refractivity contribution in [2.75, 3.05) is 31.6 Å². The first-order valence-corrected chi connectivity index (χ1v) is 7.19. The molecule has 1 atom stereocenters. The first-order valence-electron chi connectivity index (χ1n) is 6.81. The topological polar surface area (TPSA) is 39.7 Å². The molecule has 116 valence electrons. The molecule has 6 heteroatoms. The van der Waals surface area contributed by atoms with Crippen LogP contribution in [0.3, 0.4) is 0 Å². The maximum Gasteiger partial charge on any atom is 0.191 e. The minimum absolute atomic E-state index is 0. The molecule has 0 bridgehead atoms. The first kappa shape index (κ1) is 18.1. The SMILES string of the molecule is C=CCNC(=NC)NC1CCN(c2cccc(Cl)c2)C1.I. The van der Waals surface area contributed by atoms with E-state index in [9.17, 15) is 0 Å². The van der Waals surface area contributed by atoms with Gasteiger partial charge in [-0.1, -0.05) is 23.7 Å². The number of rotatable bonds is 4. The molecule has 2 N–H and O–H groups in total. The fraction of sp³-hybridized carbons (Fsp3) is 0.400. The third-order valence-corrected chi connectivity index (χ3v) is 3.57. The van der Waals surface area contributed by atoms with E-state index in [1.807, 2.05) is 24.3 Å². The Hall–Kier alpha value is -0.950. The number of hydrogen-bond acceptors (Lipinski definition) is 2. The predicted octanol–water partition coefficient (Wildman–Crippen LogP) is 2.89. The van der Waals surface area contributed by atoms with Crippen LogP contribution in [0.5, 0.6) is 0 Å². The van der Waals surface area contributed by atoms with Crippen LogP contribution in [-0.2, 0) is 0 Å². The predicted molar refractivity (Wildman–Crippen MR) is 102 cm³/mol. The number of nitrogens with one attached hydrogen (secondary N) is 2. The Bertz CT molecular complexity index is 492. The van der Waals surface area contributed by atoms with Crippen LogP contribution in [0.4, 0.5) is 5.69 Å². The van der Waals surface area contributed by atoms with E-state index in [0.29, 0.717) is 12.6 Å². The van der Waals surface area contributed by atoms with Gasteiger partial charge in [-0.15, -0.1) is 30.6 Å². The van der Waals surface area contributed by atoms with Gasteiger partial charge in [0.25, 0.3) is 0 Å². The normalized spacial score (nSPS) is 18.1. The van der Waals surface area contributed by atoms with Crippen LogP contribution in [0.15, 0.2) is 41.9 Å². The van der Waals surface area contributed by atoms with Gasteiger partial charge >= 0.3 is 0 Å². The molecule has 1 saturated heterocycles. The summed E-state index contributed by atoms with van der Waals surface area (Å²) in [5.74, 6) is 0.822. The van der Waals surface area contributed by atoms with Gasteiger partial charge in [0.1, 0.15) is 0 Å². The summed E-state index contributed by atoms with van der Waals surface area (Å²) in [6.07, 6.45) is 2.90. The van der Waals surface area contributed by atoms with Crippen molar-refractivity contribution in [3.05, 3.63) is 41.9 Å². The van der Waals surface area contributed by atoms with Crippen LogP contribution in [0.25, 0.3) is 0 Å². The Morgan fingerprint density at radius 3 is 3.05 bits per heavy atom. The Morgan fingerprint density at radius 2 is 2.38 bits per heavy atom. The molecular weight excluding hydrogens is 399 g/mol. The molecule has 0 aliphatic carbocycles. The van der Waals surface area contributed by atoms with Crippen molar-refractivity contribution in [3.8, 4) is 0 Å². The number of aliphatic imine (C=N–C) groups is 1. The average molecular weight is 421 g/mol. The van der Waals surface area contributed by atoms with Crippen LogP contribution >= 0.6 is 35.6 Å². The summed E-state index contributed by atoms with van der Waals surface area (Å²) in [7, 11) is 1.78. The Labute approximate surface area is 148 Å². The lowest BCUT2D eigenvalue weighted by Crippen LogP contribution is -2.44. The van der Waals surface area contributed by atoms with Crippen LogP contribution in [0.2, 0.25) is 5.02 Å². The van der Waals surface area contributed by atoms with Crippen molar-refractivity contribution in [3.63, 3.8) is 0 Å². The lowest BCUT2D eigenvalue weighted by molar-refractivity contribution is 0.654. The number of hydrogen-bond donors (Lipinski definition) is 2. The summed E-state index contributed by atoms with van der Waals surface area (Å²) >= 11 is 6.04. The van der Waals surface area contributed by atoms with Crippen molar-refractivity contribution in [1.29, 1.82) is 0 Å². The molecule has 1 aliphatic heterocycles. The van der Waals surface area contributed by atoms with Gasteiger partial charge in [0.05, 0.1) is 0 Å². The van der Waals surface area contributed by atoms with Gasteiger partial charge in [-0.2, -0.15) is 0 Å². The quantitative estimate of drug-likeness (QED) is 0.340. The van der Waals surface area contributed by atoms with Crippen molar-refractivity contribution in [2.45, 2.75) is 12.5 Å². The van der Waals surface area contributed by atoms with Crippen molar-refractivity contribution in [2.24, 2.45) is 4.99 Å². The minimum Gasteiger partial charge on any atom is -0.369 e. The number of benzene rings is 1. The number of anilines is 1. The maximum atomic E-state index is 6.04. The number of guanidine groups is 1. The van der Waals surface area contributed by atoms with Gasteiger partial charge in [0, 0.05) is 43.4 Å². The van der Waals surface area contributed by atoms with Gasteiger partial charge in [-0.05, 0) is 24.6 Å². The second kappa shape index (κ2) is 9.15. The lowest BCUT2D eigenvalue weighted by Gasteiger charge is -2.20. The molecule has 1 aromatic carbocycles. The van der Waals surface area contributed by atoms with Crippen LogP contribution < -0.4 is 15.5 Å². The summed E-state index contributed by atoms with van der Waals surface area (Å²) in [6.45, 7) is 6.38. The molecule has 0 radical (unpaired) electrons. The van der Waals surface area contributed by atoms with Crippen molar-refractivity contribution >= 4 is 47.2 Å². The summed E-state index contributed by atoms with van der Waals surface area (Å²) in [6, 6.07) is 8.39. The zero-order chi connectivity index (χ0) is 14.4. The molecular formula is C15H22ClIN4. The highest BCUT2D eigenvalue weighted by Gasteiger charge is 2.23. The van der Waals surface area contributed by atoms with Gasteiger partial charge in [-0.3, -0.25) is 4.99 Å². The van der Waals surface area contributed by atoms with E-state index >= 15 is 0 Å². The Morgan fingerprint density at radius 1 is 1.57 bits per heavy atom. The van der Waals surface area contributed by atoms with E-state index in [1.165, 1.54) is 5.69 Å². The molecule has 0 saturated carbocycles. The van der Waals surface area contributed by atoms with Gasteiger partial charge in [0.15, 0.2) is 5.96 Å². The maximum absolute atomic E-state index is 6.04. The van der Waals surface area contributed by atoms with Gasteiger partial charge in [-0.25, -0.2) is 0 Å². The lowest BCUT2D eigenvalue weighted by atomic mass is 10.3. The van der Waals surface area contributed by atoms with Crippen LogP contribution in [-0.4, -0.2) is 38.7 Å². The standard InChI is InChI=1S/C15H21ClN4.HI/c1-3-8-18-15(17-2)19-13-7-9-20(11-13)14-6-4-5-12(16)10-14;/h3-6,10,13H,1,7-9,11H2,2H3,(H2,17,18,19);1H. The summed E-state index contributed by atoms with van der Waals surface area (Å²) in [5.41, 5.74) is 1.18. The zero-order valence-corrected chi connectivity index (χ0v) is 15.3. The first-order chi connectivity index (χ1) is 9.72. The van der Waals surface area contributed by atoms with Gasteiger partial charge < -0.3 is 15.5 Å². The molecule has 1 aliphatic rings. The second-order valence-electron chi connectivity index (χ2n) is 4.80. The number of halogens is 2. The Balaban J connectivity index is 0.00000220. The molecule has 2 rings (SSSR count). The summed E-state index contributed by atoms with van der Waals surface area (Å²) in [5, 5.41) is 7.40. The molecule has 0 amide bonds. The van der Waals surface area contributed by atoms with E-state index in [2.05, 4.69) is 33.2 Å². The van der Waals surface area contributed by atoms with E-state index in [4.69, 9.17) is 11.6 Å². The molecule has 1 aromatic rings. The molecule has 4 nitrogen and oxygen atoms in total. The van der Waals surface area contributed by atoms with E-state index < -0.39 is 0 Å². The van der Waals surface area contributed by atoms with E-state index in [0.717, 1.165) is 30.5 Å². The highest BCUT2D eigenvalue weighted by atomic mass is 127. The third kappa shape index (κ3) is 5.39. The smallest absolute Gasteiger partial charge is 0.191 e. The molecule has 1 unspecified atom stereocenters. The van der Waals surface area contributed by atoms with Crippen molar-refractivity contribution in [1.82, 2.24) is 10.6 Å². The zero-order valence-electron chi connectivity index (χ0n) is 12.2. The molecule has 1 heterocycles. The van der Waals surface area contributed by atoms with E-state index in [-0.39, 0.29) is 24.0 Å². The highest BCUT2D eigenvalue weighted by Crippen LogP contribution is 2.23. The number of nitrogens with zero attached hydrogens (tertiary/aromatic N) is 2. The fourth-order valence-electron chi connectivity index (χ4n) is 2.34. The van der Waals surface area contributed by atoms with E-state index in [1.54, 1.807) is 7.05 Å². The second-order valence-corrected chi connectivity index (χ2v) is 5.23. The fourth-order valence-corrected chi connectivity index (χ4v) is 2.53. The summed E-state index contributed by atoms with van der Waals surface area (Å²) in [4.78, 5) is 6.55.